The van der Waals surface area contributed by atoms with Gasteiger partial charge in [-0.1, -0.05) is 13.8 Å². The van der Waals surface area contributed by atoms with Crippen molar-refractivity contribution in [1.82, 2.24) is 0 Å². The van der Waals surface area contributed by atoms with Crippen molar-refractivity contribution in [3.05, 3.63) is 0 Å². The molecule has 0 fully saturated rings. The van der Waals surface area contributed by atoms with Crippen molar-refractivity contribution in [1.29, 1.82) is 0 Å². The van der Waals surface area contributed by atoms with E-state index in [1.165, 1.54) is 30.8 Å². The lowest BCUT2D eigenvalue weighted by Gasteiger charge is -2.03. The van der Waals surface area contributed by atoms with Crippen LogP contribution in [0.4, 0.5) is 0 Å². The van der Waals surface area contributed by atoms with Crippen LogP contribution in [0.3, 0.4) is 0 Å². The third-order valence-electron chi connectivity index (χ3n) is 1.51. The van der Waals surface area contributed by atoms with E-state index in [1.54, 1.807) is 0 Å². The van der Waals surface area contributed by atoms with E-state index in [0.29, 0.717) is 0 Å². The Labute approximate surface area is 80.1 Å². The third-order valence-corrected chi connectivity index (χ3v) is 2.88. The molecule has 0 saturated heterocycles. The van der Waals surface area contributed by atoms with Crippen molar-refractivity contribution < 1.29 is 0 Å². The zero-order valence-electron chi connectivity index (χ0n) is 7.61. The molecule has 0 saturated carbocycles. The van der Waals surface area contributed by atoms with E-state index < -0.39 is 0 Å². The quantitative estimate of drug-likeness (QED) is 0.439. The first kappa shape index (κ1) is 11.6. The molecule has 0 spiro atoms. The summed E-state index contributed by atoms with van der Waals surface area (Å²) < 4.78 is 0. The molecule has 0 aromatic carbocycles. The molecule has 0 aromatic heterocycles. The van der Waals surface area contributed by atoms with Crippen LogP contribution in [0, 0.1) is 5.92 Å². The average Bonchev–Trinajstić information content (AvgIpc) is 1.96. The summed E-state index contributed by atoms with van der Waals surface area (Å²) in [4.78, 5) is 0. The Morgan fingerprint density at radius 1 is 1.18 bits per heavy atom. The van der Waals surface area contributed by atoms with Crippen LogP contribution in [0.2, 0.25) is 0 Å². The minimum absolute atomic E-state index is 0.824. The molecule has 0 aliphatic rings. The molecule has 0 atom stereocenters. The lowest BCUT2D eigenvalue weighted by Crippen LogP contribution is -1.91. The molecule has 0 heterocycles. The fraction of sp³-hybridized carbons (Fsp3) is 1.00. The second-order valence-corrected chi connectivity index (χ2v) is 4.79. The van der Waals surface area contributed by atoms with E-state index in [-0.39, 0.29) is 0 Å². The first-order valence-corrected chi connectivity index (χ1v) is 6.10. The van der Waals surface area contributed by atoms with Crippen LogP contribution >= 0.6 is 23.4 Å². The van der Waals surface area contributed by atoms with Gasteiger partial charge in [0.2, 0.25) is 0 Å². The SMILES string of the molecule is CC(C)CCSCCCCCl. The van der Waals surface area contributed by atoms with Crippen LogP contribution < -0.4 is 0 Å². The van der Waals surface area contributed by atoms with Crippen LogP contribution in [-0.2, 0) is 0 Å². The summed E-state index contributed by atoms with van der Waals surface area (Å²) >= 11 is 7.62. The van der Waals surface area contributed by atoms with Crippen LogP contribution in [0.25, 0.3) is 0 Å². The van der Waals surface area contributed by atoms with E-state index in [9.17, 15) is 0 Å². The third kappa shape index (κ3) is 10.6. The minimum atomic E-state index is 0.824. The highest BCUT2D eigenvalue weighted by molar-refractivity contribution is 7.99. The molecule has 0 amide bonds. The first-order chi connectivity index (χ1) is 5.27. The van der Waals surface area contributed by atoms with Crippen molar-refractivity contribution in [2.75, 3.05) is 17.4 Å². The van der Waals surface area contributed by atoms with E-state index >= 15 is 0 Å². The van der Waals surface area contributed by atoms with E-state index in [4.69, 9.17) is 11.6 Å². The van der Waals surface area contributed by atoms with Gasteiger partial charge in [0.15, 0.2) is 0 Å². The van der Waals surface area contributed by atoms with Gasteiger partial charge < -0.3 is 0 Å². The highest BCUT2D eigenvalue weighted by Crippen LogP contribution is 2.10. The maximum Gasteiger partial charge on any atom is 0.0223 e. The van der Waals surface area contributed by atoms with Gasteiger partial charge in [-0.25, -0.2) is 0 Å². The summed E-state index contributed by atoms with van der Waals surface area (Å²) in [5.74, 6) is 4.29. The van der Waals surface area contributed by atoms with Gasteiger partial charge in [0.25, 0.3) is 0 Å². The normalized spacial score (nSPS) is 10.9. The summed E-state index contributed by atoms with van der Waals surface area (Å²) in [6, 6.07) is 0. The number of unbranched alkanes of at least 4 members (excludes halogenated alkanes) is 1. The molecule has 0 radical (unpaired) electrons. The Balaban J connectivity index is 2.80. The molecule has 0 aliphatic heterocycles. The van der Waals surface area contributed by atoms with Crippen molar-refractivity contribution in [3.63, 3.8) is 0 Å². The fourth-order valence-electron chi connectivity index (χ4n) is 0.720. The van der Waals surface area contributed by atoms with Gasteiger partial charge in [0.1, 0.15) is 0 Å². The maximum atomic E-state index is 5.56. The van der Waals surface area contributed by atoms with Crippen LogP contribution in [-0.4, -0.2) is 17.4 Å². The second kappa shape index (κ2) is 8.73. The minimum Gasteiger partial charge on any atom is -0.162 e. The number of alkyl halides is 1. The topological polar surface area (TPSA) is 0 Å². The first-order valence-electron chi connectivity index (χ1n) is 4.41. The van der Waals surface area contributed by atoms with E-state index in [2.05, 4.69) is 25.6 Å². The smallest absolute Gasteiger partial charge is 0.0223 e. The van der Waals surface area contributed by atoms with Gasteiger partial charge in [-0.3, -0.25) is 0 Å². The predicted molar refractivity (Wildman–Crippen MR) is 56.7 cm³/mol. The lowest BCUT2D eigenvalue weighted by molar-refractivity contribution is 0.632. The summed E-state index contributed by atoms with van der Waals surface area (Å²) in [5.41, 5.74) is 0. The Kier molecular flexibility index (Phi) is 9.24. The van der Waals surface area contributed by atoms with Crippen LogP contribution in [0.1, 0.15) is 33.1 Å². The highest BCUT2D eigenvalue weighted by atomic mass is 35.5. The van der Waals surface area contributed by atoms with E-state index in [0.717, 1.165) is 11.8 Å². The molecule has 11 heavy (non-hydrogen) atoms. The Morgan fingerprint density at radius 3 is 2.45 bits per heavy atom. The molecule has 0 nitrogen and oxygen atoms in total. The number of halogens is 1. The Hall–Kier alpha value is 0.640. The second-order valence-electron chi connectivity index (χ2n) is 3.19. The van der Waals surface area contributed by atoms with Crippen molar-refractivity contribution in [2.24, 2.45) is 5.92 Å². The molecule has 0 unspecified atom stereocenters. The standard InChI is InChI=1S/C9H19ClS/c1-9(2)5-8-11-7-4-3-6-10/h9H,3-8H2,1-2H3. The molecular weight excluding hydrogens is 176 g/mol. The van der Waals surface area contributed by atoms with Crippen molar-refractivity contribution >= 4 is 23.4 Å². The summed E-state index contributed by atoms with van der Waals surface area (Å²) in [5, 5.41) is 0. The summed E-state index contributed by atoms with van der Waals surface area (Å²) in [6.45, 7) is 4.55. The molecular formula is C9H19ClS. The van der Waals surface area contributed by atoms with Gasteiger partial charge in [-0.05, 0) is 36.7 Å². The van der Waals surface area contributed by atoms with Gasteiger partial charge in [-0.15, -0.1) is 11.6 Å². The predicted octanol–water partition coefficient (Wildman–Crippen LogP) is 3.78. The number of rotatable bonds is 7. The monoisotopic (exact) mass is 194 g/mol. The lowest BCUT2D eigenvalue weighted by atomic mass is 10.2. The van der Waals surface area contributed by atoms with Gasteiger partial charge in [0, 0.05) is 5.88 Å². The average molecular weight is 195 g/mol. The summed E-state index contributed by atoms with van der Waals surface area (Å²) in [6.07, 6.45) is 3.81. The zero-order valence-corrected chi connectivity index (χ0v) is 9.18. The van der Waals surface area contributed by atoms with E-state index in [1.807, 2.05) is 0 Å². The number of hydrogen-bond donors (Lipinski definition) is 0. The van der Waals surface area contributed by atoms with Crippen molar-refractivity contribution in [2.45, 2.75) is 33.1 Å². The largest absolute Gasteiger partial charge is 0.162 e. The highest BCUT2D eigenvalue weighted by Gasteiger charge is 1.93. The molecule has 0 bridgehead atoms. The Morgan fingerprint density at radius 2 is 1.91 bits per heavy atom. The molecule has 0 aliphatic carbocycles. The number of thioether (sulfide) groups is 1. The fourth-order valence-corrected chi connectivity index (χ4v) is 2.16. The molecule has 0 aromatic rings. The van der Waals surface area contributed by atoms with Crippen molar-refractivity contribution in [3.8, 4) is 0 Å². The van der Waals surface area contributed by atoms with Crippen LogP contribution in [0.5, 0.6) is 0 Å². The molecule has 68 valence electrons. The number of hydrogen-bond acceptors (Lipinski definition) is 1. The summed E-state index contributed by atoms with van der Waals surface area (Å²) in [7, 11) is 0. The van der Waals surface area contributed by atoms with Crippen LogP contribution in [0.15, 0.2) is 0 Å². The zero-order chi connectivity index (χ0) is 8.53. The van der Waals surface area contributed by atoms with Gasteiger partial charge in [0.05, 0.1) is 0 Å². The van der Waals surface area contributed by atoms with Gasteiger partial charge >= 0.3 is 0 Å². The maximum absolute atomic E-state index is 5.56. The molecule has 0 rings (SSSR count). The van der Waals surface area contributed by atoms with Gasteiger partial charge in [-0.2, -0.15) is 11.8 Å². The molecule has 0 N–H and O–H groups in total. The molecule has 2 heteroatoms. The Bertz CT molecular complexity index is 74.0.